The van der Waals surface area contributed by atoms with Gasteiger partial charge in [0.1, 0.15) is 0 Å². The third kappa shape index (κ3) is 3.79. The number of carbonyl (C=O) groups excluding carboxylic acids is 1. The largest absolute Gasteiger partial charge is 0.381 e. The Morgan fingerprint density at radius 3 is 2.38 bits per heavy atom. The van der Waals surface area contributed by atoms with Crippen molar-refractivity contribution >= 4 is 22.4 Å². The van der Waals surface area contributed by atoms with Gasteiger partial charge in [-0.05, 0) is 98.7 Å². The average Bonchev–Trinajstić information content (AvgIpc) is 2.75. The van der Waals surface area contributed by atoms with E-state index in [9.17, 15) is 9.59 Å². The van der Waals surface area contributed by atoms with Crippen LogP contribution in [0.3, 0.4) is 0 Å². The molecule has 4 bridgehead atoms. The van der Waals surface area contributed by atoms with Gasteiger partial charge in [0.15, 0.2) is 0 Å². The van der Waals surface area contributed by atoms with Crippen LogP contribution in [0, 0.1) is 29.1 Å². The van der Waals surface area contributed by atoms with E-state index in [1.54, 1.807) is 0 Å². The number of benzene rings is 1. The lowest BCUT2D eigenvalue weighted by Crippen LogP contribution is -2.47. The Morgan fingerprint density at radius 1 is 1.00 bits per heavy atom. The van der Waals surface area contributed by atoms with E-state index in [-0.39, 0.29) is 16.9 Å². The van der Waals surface area contributed by atoms with Gasteiger partial charge in [-0.25, -0.2) is 0 Å². The number of carbonyl (C=O) groups is 1. The van der Waals surface area contributed by atoms with Gasteiger partial charge in [-0.15, -0.1) is 0 Å². The van der Waals surface area contributed by atoms with E-state index in [1.807, 2.05) is 35.0 Å². The third-order valence-electron chi connectivity index (χ3n) is 8.79. The maximum atomic E-state index is 13.2. The molecule has 1 aromatic carbocycles. The molecule has 0 unspecified atom stereocenters. The first-order valence-electron chi connectivity index (χ1n) is 12.6. The minimum atomic E-state index is 0.0335. The minimum absolute atomic E-state index is 0.0335. The zero-order valence-electron chi connectivity index (χ0n) is 18.9. The standard InChI is InChI=1S/C27H34N2O3/c30-25(16-27-13-19-10-20(14-27)12-21(11-19)15-27)28-24-3-1-2-23-22(24)4-7-29(26(23)31)17-18-5-8-32-9-6-18/h1-4,7,18-21H,5-6,8-17H2,(H,28,30). The van der Waals surface area contributed by atoms with E-state index in [4.69, 9.17) is 4.74 Å². The summed E-state index contributed by atoms with van der Waals surface area (Å²) in [5, 5.41) is 4.72. The van der Waals surface area contributed by atoms with E-state index in [2.05, 4.69) is 5.32 Å². The molecular weight excluding hydrogens is 400 g/mol. The number of amides is 1. The fraction of sp³-hybridized carbons (Fsp3) is 0.630. The normalized spacial score (nSPS) is 31.8. The number of hydrogen-bond acceptors (Lipinski definition) is 3. The summed E-state index contributed by atoms with van der Waals surface area (Å²) in [4.78, 5) is 26.3. The molecule has 5 nitrogen and oxygen atoms in total. The van der Waals surface area contributed by atoms with Crippen molar-refractivity contribution in [2.45, 2.75) is 64.3 Å². The summed E-state index contributed by atoms with van der Waals surface area (Å²) < 4.78 is 7.28. The molecule has 5 fully saturated rings. The van der Waals surface area contributed by atoms with Crippen molar-refractivity contribution in [3.63, 3.8) is 0 Å². The molecule has 1 N–H and O–H groups in total. The van der Waals surface area contributed by atoms with Gasteiger partial charge in [0.05, 0.1) is 0 Å². The smallest absolute Gasteiger partial charge is 0.258 e. The predicted molar refractivity (Wildman–Crippen MR) is 126 cm³/mol. The third-order valence-corrected chi connectivity index (χ3v) is 8.79. The Bertz CT molecular complexity index is 1050. The van der Waals surface area contributed by atoms with Crippen LogP contribution in [0.5, 0.6) is 0 Å². The highest BCUT2D eigenvalue weighted by atomic mass is 16.5. The Hall–Kier alpha value is -2.14. The summed E-state index contributed by atoms with van der Waals surface area (Å²) in [5.74, 6) is 3.15. The van der Waals surface area contributed by atoms with Gasteiger partial charge in [0, 0.05) is 48.8 Å². The van der Waals surface area contributed by atoms with Crippen molar-refractivity contribution in [1.82, 2.24) is 4.57 Å². The van der Waals surface area contributed by atoms with Crippen LogP contribution in [-0.2, 0) is 16.1 Å². The molecule has 0 atom stereocenters. The van der Waals surface area contributed by atoms with Gasteiger partial charge in [0.2, 0.25) is 5.91 Å². The van der Waals surface area contributed by atoms with Crippen molar-refractivity contribution < 1.29 is 9.53 Å². The summed E-state index contributed by atoms with van der Waals surface area (Å²) in [6.07, 6.45) is 12.4. The highest BCUT2D eigenvalue weighted by Crippen LogP contribution is 2.61. The zero-order chi connectivity index (χ0) is 21.7. The second-order valence-corrected chi connectivity index (χ2v) is 11.2. The number of hydrogen-bond donors (Lipinski definition) is 1. The molecule has 5 aliphatic rings. The molecule has 2 heterocycles. The summed E-state index contributed by atoms with van der Waals surface area (Å²) in [6, 6.07) is 7.70. The Labute approximate surface area is 189 Å². The molecule has 1 aromatic heterocycles. The molecule has 1 saturated heterocycles. The molecule has 4 saturated carbocycles. The number of nitrogens with zero attached hydrogens (tertiary/aromatic N) is 1. The average molecular weight is 435 g/mol. The van der Waals surface area contributed by atoms with Crippen LogP contribution in [0.1, 0.15) is 57.8 Å². The van der Waals surface area contributed by atoms with E-state index in [0.29, 0.717) is 17.7 Å². The number of aromatic nitrogens is 1. The monoisotopic (exact) mass is 434 g/mol. The van der Waals surface area contributed by atoms with Crippen molar-refractivity contribution in [3.8, 4) is 0 Å². The number of ether oxygens (including phenoxy) is 1. The van der Waals surface area contributed by atoms with Crippen LogP contribution in [0.25, 0.3) is 10.8 Å². The van der Waals surface area contributed by atoms with E-state index in [1.165, 1.54) is 38.5 Å². The van der Waals surface area contributed by atoms with Crippen molar-refractivity contribution in [3.05, 3.63) is 40.8 Å². The fourth-order valence-corrected chi connectivity index (χ4v) is 7.82. The number of anilines is 1. The first-order chi connectivity index (χ1) is 15.6. The van der Waals surface area contributed by atoms with Gasteiger partial charge in [-0.1, -0.05) is 6.07 Å². The number of rotatable bonds is 5. The van der Waals surface area contributed by atoms with Crippen LogP contribution in [0.2, 0.25) is 0 Å². The molecule has 0 radical (unpaired) electrons. The highest BCUT2D eigenvalue weighted by molar-refractivity contribution is 6.02. The second kappa shape index (κ2) is 8.02. The van der Waals surface area contributed by atoms with Crippen LogP contribution in [-0.4, -0.2) is 23.7 Å². The van der Waals surface area contributed by atoms with Crippen molar-refractivity contribution in [2.24, 2.45) is 29.1 Å². The molecule has 1 amide bonds. The summed E-state index contributed by atoms with van der Waals surface area (Å²) >= 11 is 0. The van der Waals surface area contributed by atoms with Crippen molar-refractivity contribution in [2.75, 3.05) is 18.5 Å². The maximum absolute atomic E-state index is 13.2. The molecule has 2 aromatic rings. The molecule has 32 heavy (non-hydrogen) atoms. The number of fused-ring (bicyclic) bond motifs is 1. The number of pyridine rings is 1. The molecule has 5 heteroatoms. The Balaban J connectivity index is 1.20. The van der Waals surface area contributed by atoms with Gasteiger partial charge in [0.25, 0.3) is 5.56 Å². The van der Waals surface area contributed by atoms with Crippen molar-refractivity contribution in [1.29, 1.82) is 0 Å². The van der Waals surface area contributed by atoms with Crippen LogP contribution >= 0.6 is 0 Å². The molecule has 170 valence electrons. The van der Waals surface area contributed by atoms with Crippen LogP contribution < -0.4 is 10.9 Å². The van der Waals surface area contributed by atoms with E-state index >= 15 is 0 Å². The molecule has 1 aliphatic heterocycles. The molecule has 7 rings (SSSR count). The molecule has 4 aliphatic carbocycles. The fourth-order valence-electron chi connectivity index (χ4n) is 7.82. The van der Waals surface area contributed by atoms with Gasteiger partial charge in [-0.2, -0.15) is 0 Å². The zero-order valence-corrected chi connectivity index (χ0v) is 18.9. The first kappa shape index (κ1) is 20.5. The lowest BCUT2D eigenvalue weighted by atomic mass is 9.49. The summed E-state index contributed by atoms with van der Waals surface area (Å²) in [5.41, 5.74) is 1.03. The van der Waals surface area contributed by atoms with Gasteiger partial charge >= 0.3 is 0 Å². The van der Waals surface area contributed by atoms with Gasteiger partial charge < -0.3 is 14.6 Å². The summed E-state index contributed by atoms with van der Waals surface area (Å²) in [7, 11) is 0. The SMILES string of the molecule is O=C(CC12CC3CC(CC(C3)C1)C2)Nc1cccc2c(=O)n(CC3CCOCC3)ccc12. The van der Waals surface area contributed by atoms with Gasteiger partial charge in [-0.3, -0.25) is 9.59 Å². The topological polar surface area (TPSA) is 60.3 Å². The maximum Gasteiger partial charge on any atom is 0.258 e. The lowest BCUT2D eigenvalue weighted by molar-refractivity contribution is -0.124. The highest BCUT2D eigenvalue weighted by Gasteiger charge is 2.51. The first-order valence-corrected chi connectivity index (χ1v) is 12.6. The van der Waals surface area contributed by atoms with Crippen LogP contribution in [0.15, 0.2) is 35.3 Å². The number of nitrogens with one attached hydrogen (secondary N) is 1. The lowest BCUT2D eigenvalue weighted by Gasteiger charge is -2.56. The Morgan fingerprint density at radius 2 is 1.69 bits per heavy atom. The second-order valence-electron chi connectivity index (χ2n) is 11.2. The molecular formula is C27H34N2O3. The van der Waals surface area contributed by atoms with E-state index in [0.717, 1.165) is 61.4 Å². The quantitative estimate of drug-likeness (QED) is 0.723. The van der Waals surface area contributed by atoms with E-state index < -0.39 is 0 Å². The predicted octanol–water partition coefficient (Wildman–Crippen LogP) is 4.97. The van der Waals surface area contributed by atoms with Crippen LogP contribution in [0.4, 0.5) is 5.69 Å². The summed E-state index contributed by atoms with van der Waals surface area (Å²) in [6.45, 7) is 2.31. The molecule has 0 spiro atoms. The Kier molecular flexibility index (Phi) is 5.13. The minimum Gasteiger partial charge on any atom is -0.381 e.